The molecule has 0 radical (unpaired) electrons. The van der Waals surface area contributed by atoms with Gasteiger partial charge in [-0.05, 0) is 47.4 Å². The number of hydrogen-bond acceptors (Lipinski definition) is 3. The fourth-order valence-electron chi connectivity index (χ4n) is 2.73. The Kier molecular flexibility index (Phi) is 4.08. The van der Waals surface area contributed by atoms with Crippen molar-refractivity contribution in [1.29, 1.82) is 0 Å². The maximum Gasteiger partial charge on any atom is 0.128 e. The van der Waals surface area contributed by atoms with Crippen LogP contribution in [0.3, 0.4) is 0 Å². The van der Waals surface area contributed by atoms with E-state index in [-0.39, 0.29) is 0 Å². The second-order valence-electron chi connectivity index (χ2n) is 5.04. The highest BCUT2D eigenvalue weighted by Crippen LogP contribution is 2.38. The van der Waals surface area contributed by atoms with E-state index in [0.717, 1.165) is 34.6 Å². The van der Waals surface area contributed by atoms with Gasteiger partial charge in [0.05, 0.1) is 17.3 Å². The molecule has 106 valence electrons. The second-order valence-corrected chi connectivity index (χ2v) is 5.84. The van der Waals surface area contributed by atoms with Crippen molar-refractivity contribution in [3.8, 4) is 17.0 Å². The number of aromatic amines is 1. The predicted octanol–water partition coefficient (Wildman–Crippen LogP) is 3.31. The van der Waals surface area contributed by atoms with Crippen LogP contribution < -0.4 is 10.1 Å². The van der Waals surface area contributed by atoms with Crippen molar-refractivity contribution >= 4 is 15.9 Å². The first-order valence-electron chi connectivity index (χ1n) is 6.89. The lowest BCUT2D eigenvalue weighted by Crippen LogP contribution is -2.28. The van der Waals surface area contributed by atoms with E-state index in [0.29, 0.717) is 5.92 Å². The van der Waals surface area contributed by atoms with Gasteiger partial charge in [0.15, 0.2) is 0 Å². The van der Waals surface area contributed by atoms with Crippen molar-refractivity contribution in [2.75, 3.05) is 20.2 Å². The molecule has 1 aromatic carbocycles. The number of nitrogens with zero attached hydrogens (tertiary/aromatic N) is 1. The van der Waals surface area contributed by atoms with Gasteiger partial charge in [0, 0.05) is 18.0 Å². The van der Waals surface area contributed by atoms with Gasteiger partial charge in [-0.2, -0.15) is 5.10 Å². The van der Waals surface area contributed by atoms with Gasteiger partial charge in [-0.15, -0.1) is 0 Å². The van der Waals surface area contributed by atoms with E-state index in [9.17, 15) is 0 Å². The molecule has 4 nitrogen and oxygen atoms in total. The lowest BCUT2D eigenvalue weighted by atomic mass is 9.95. The van der Waals surface area contributed by atoms with Gasteiger partial charge in [0.25, 0.3) is 0 Å². The third-order valence-electron chi connectivity index (χ3n) is 3.80. The van der Waals surface area contributed by atoms with Crippen LogP contribution in [0.1, 0.15) is 24.5 Å². The highest BCUT2D eigenvalue weighted by atomic mass is 79.9. The van der Waals surface area contributed by atoms with Crippen LogP contribution >= 0.6 is 15.9 Å². The molecule has 1 atom stereocenters. The Balaban J connectivity index is 1.97. The fraction of sp³-hybridized carbons (Fsp3) is 0.400. The zero-order chi connectivity index (χ0) is 13.9. The van der Waals surface area contributed by atoms with Gasteiger partial charge >= 0.3 is 0 Å². The Morgan fingerprint density at radius 1 is 1.35 bits per heavy atom. The van der Waals surface area contributed by atoms with E-state index in [1.807, 2.05) is 24.3 Å². The topological polar surface area (TPSA) is 49.9 Å². The minimum absolute atomic E-state index is 0.495. The van der Waals surface area contributed by atoms with Gasteiger partial charge in [0.1, 0.15) is 11.4 Å². The molecule has 0 aliphatic carbocycles. The van der Waals surface area contributed by atoms with E-state index in [2.05, 4.69) is 31.4 Å². The largest absolute Gasteiger partial charge is 0.496 e. The number of rotatable bonds is 3. The highest BCUT2D eigenvalue weighted by molar-refractivity contribution is 9.10. The average molecular weight is 336 g/mol. The van der Waals surface area contributed by atoms with Crippen LogP contribution in [0.15, 0.2) is 28.7 Å². The summed E-state index contributed by atoms with van der Waals surface area (Å²) in [6.07, 6.45) is 2.40. The summed E-state index contributed by atoms with van der Waals surface area (Å²) in [7, 11) is 1.69. The van der Waals surface area contributed by atoms with Crippen LogP contribution in [-0.2, 0) is 0 Å². The summed E-state index contributed by atoms with van der Waals surface area (Å²) in [5, 5.41) is 11.1. The van der Waals surface area contributed by atoms with Crippen molar-refractivity contribution in [3.63, 3.8) is 0 Å². The van der Waals surface area contributed by atoms with Gasteiger partial charge < -0.3 is 10.1 Å². The number of nitrogens with one attached hydrogen (secondary N) is 2. The van der Waals surface area contributed by atoms with Crippen molar-refractivity contribution < 1.29 is 4.74 Å². The number of ether oxygens (including phenoxy) is 1. The van der Waals surface area contributed by atoms with Crippen molar-refractivity contribution in [3.05, 3.63) is 34.4 Å². The summed E-state index contributed by atoms with van der Waals surface area (Å²) in [6.45, 7) is 2.12. The molecule has 0 amide bonds. The van der Waals surface area contributed by atoms with Crippen molar-refractivity contribution in [1.82, 2.24) is 15.5 Å². The third kappa shape index (κ3) is 2.47. The van der Waals surface area contributed by atoms with E-state index >= 15 is 0 Å². The molecule has 20 heavy (non-hydrogen) atoms. The minimum Gasteiger partial charge on any atom is -0.496 e. The molecule has 3 rings (SSSR count). The van der Waals surface area contributed by atoms with Crippen LogP contribution in [0.2, 0.25) is 0 Å². The Morgan fingerprint density at radius 3 is 2.95 bits per heavy atom. The summed E-state index contributed by atoms with van der Waals surface area (Å²) >= 11 is 3.71. The van der Waals surface area contributed by atoms with Gasteiger partial charge in [0.2, 0.25) is 0 Å². The normalized spacial score (nSPS) is 19.0. The second kappa shape index (κ2) is 5.97. The number of H-pyrrole nitrogens is 1. The number of benzene rings is 1. The number of halogens is 1. The van der Waals surface area contributed by atoms with Crippen LogP contribution in [-0.4, -0.2) is 30.4 Å². The molecular weight excluding hydrogens is 318 g/mol. The Morgan fingerprint density at radius 2 is 2.20 bits per heavy atom. The van der Waals surface area contributed by atoms with E-state index in [1.54, 1.807) is 7.11 Å². The van der Waals surface area contributed by atoms with E-state index in [1.165, 1.54) is 18.5 Å². The molecule has 0 bridgehead atoms. The summed E-state index contributed by atoms with van der Waals surface area (Å²) in [6, 6.07) is 7.95. The molecule has 0 saturated carbocycles. The molecule has 0 spiro atoms. The average Bonchev–Trinajstić information content (AvgIpc) is 2.89. The first kappa shape index (κ1) is 13.6. The molecule has 1 fully saturated rings. The number of methoxy groups -OCH3 is 1. The van der Waals surface area contributed by atoms with E-state index < -0.39 is 0 Å². The predicted molar refractivity (Wildman–Crippen MR) is 83.1 cm³/mol. The Labute approximate surface area is 127 Å². The number of hydrogen-bond donors (Lipinski definition) is 2. The molecule has 2 N–H and O–H groups in total. The number of para-hydroxylation sites is 1. The van der Waals surface area contributed by atoms with Crippen LogP contribution in [0.5, 0.6) is 5.75 Å². The lowest BCUT2D eigenvalue weighted by molar-refractivity contribution is 0.416. The van der Waals surface area contributed by atoms with E-state index in [4.69, 9.17) is 4.74 Å². The van der Waals surface area contributed by atoms with Gasteiger partial charge in [-0.25, -0.2) is 0 Å². The summed E-state index contributed by atoms with van der Waals surface area (Å²) in [5.41, 5.74) is 3.11. The molecular formula is C15H18BrN3O. The summed E-state index contributed by atoms with van der Waals surface area (Å²) in [5.74, 6) is 1.34. The van der Waals surface area contributed by atoms with Gasteiger partial charge in [-0.1, -0.05) is 12.1 Å². The molecule has 1 aliphatic rings. The first-order valence-corrected chi connectivity index (χ1v) is 7.68. The van der Waals surface area contributed by atoms with Crippen molar-refractivity contribution in [2.24, 2.45) is 0 Å². The molecule has 2 heterocycles. The maximum atomic E-state index is 5.42. The summed E-state index contributed by atoms with van der Waals surface area (Å²) in [4.78, 5) is 0. The fourth-order valence-corrected chi connectivity index (χ4v) is 3.44. The maximum absolute atomic E-state index is 5.42. The molecule has 1 aromatic heterocycles. The Bertz CT molecular complexity index is 591. The summed E-state index contributed by atoms with van der Waals surface area (Å²) < 4.78 is 6.47. The quantitative estimate of drug-likeness (QED) is 0.904. The standard InChI is InChI=1S/C15H18BrN3O/c1-20-12-7-3-2-6-11(12)15-13(16)14(18-19-15)10-5-4-8-17-9-10/h2-3,6-7,10,17H,4-5,8-9H2,1H3,(H,18,19). The number of piperidine rings is 1. The molecule has 1 aliphatic heterocycles. The van der Waals surface area contributed by atoms with Crippen LogP contribution in [0.4, 0.5) is 0 Å². The van der Waals surface area contributed by atoms with Crippen molar-refractivity contribution in [2.45, 2.75) is 18.8 Å². The van der Waals surface area contributed by atoms with Crippen LogP contribution in [0, 0.1) is 0 Å². The molecule has 1 saturated heterocycles. The minimum atomic E-state index is 0.495. The first-order chi connectivity index (χ1) is 9.81. The zero-order valence-corrected chi connectivity index (χ0v) is 13.0. The monoisotopic (exact) mass is 335 g/mol. The molecule has 5 heteroatoms. The highest BCUT2D eigenvalue weighted by Gasteiger charge is 2.23. The Hall–Kier alpha value is -1.33. The zero-order valence-electron chi connectivity index (χ0n) is 11.4. The SMILES string of the molecule is COc1ccccc1-c1n[nH]c(C2CCCNC2)c1Br. The third-order valence-corrected chi connectivity index (χ3v) is 4.60. The van der Waals surface area contributed by atoms with Gasteiger partial charge in [-0.3, -0.25) is 5.10 Å². The smallest absolute Gasteiger partial charge is 0.128 e. The molecule has 2 aromatic rings. The number of aromatic nitrogens is 2. The lowest BCUT2D eigenvalue weighted by Gasteiger charge is -2.21. The molecule has 1 unspecified atom stereocenters. The van der Waals surface area contributed by atoms with Crippen LogP contribution in [0.25, 0.3) is 11.3 Å².